The van der Waals surface area contributed by atoms with Gasteiger partial charge >= 0.3 is 7.95 Å². The van der Waals surface area contributed by atoms with E-state index < -0.39 is 7.95 Å². The van der Waals surface area contributed by atoms with Gasteiger partial charge in [0.1, 0.15) is 0 Å². The zero-order valence-electron chi connectivity index (χ0n) is 13.6. The van der Waals surface area contributed by atoms with Gasteiger partial charge in [-0.15, -0.1) is 11.2 Å². The summed E-state index contributed by atoms with van der Waals surface area (Å²) < 4.78 is 18.6. The molecule has 0 atom stereocenters. The van der Waals surface area contributed by atoms with Crippen molar-refractivity contribution in [1.29, 1.82) is 0 Å². The summed E-state index contributed by atoms with van der Waals surface area (Å²) >= 11 is 1.57. The Morgan fingerprint density at radius 1 is 0.611 bits per heavy atom. The average molecular weight is 295 g/mol. The van der Waals surface area contributed by atoms with E-state index in [1.54, 1.807) is 11.2 Å². The topological polar surface area (TPSA) is 27.7 Å². The van der Waals surface area contributed by atoms with Crippen molar-refractivity contribution < 1.29 is 13.3 Å². The highest BCUT2D eigenvalue weighted by Gasteiger charge is 2.50. The number of hydrogen-bond acceptors (Lipinski definition) is 4. The summed E-state index contributed by atoms with van der Waals surface area (Å²) in [4.78, 5) is 0. The predicted molar refractivity (Wildman–Crippen MR) is 81.8 cm³/mol. The second-order valence-electron chi connectivity index (χ2n) is 7.35. The highest BCUT2D eigenvalue weighted by Crippen LogP contribution is 2.34. The third-order valence-electron chi connectivity index (χ3n) is 1.54. The van der Waals surface area contributed by atoms with Crippen LogP contribution in [-0.4, -0.2) is 31.0 Å². The first-order valence-corrected chi connectivity index (χ1v) is 10.0. The molecule has 0 aromatic carbocycles. The Bertz CT molecular complexity index is 220. The van der Waals surface area contributed by atoms with Crippen molar-refractivity contribution in [2.45, 2.75) is 79.1 Å². The first-order chi connectivity index (χ1) is 7.68. The molecule has 0 saturated carbocycles. The molecule has 0 amide bonds. The SMILES string of the molecule is CS[Si](OC(C)(C)C)(OC(C)(C)C)OC(C)(C)C. The van der Waals surface area contributed by atoms with E-state index in [4.69, 9.17) is 13.3 Å². The third-order valence-corrected chi connectivity index (χ3v) is 6.88. The Kier molecular flexibility index (Phi) is 5.98. The number of rotatable bonds is 4. The molecule has 0 aliphatic carbocycles. The van der Waals surface area contributed by atoms with Gasteiger partial charge in [-0.1, -0.05) is 0 Å². The van der Waals surface area contributed by atoms with Crippen LogP contribution in [0.15, 0.2) is 0 Å². The highest BCUT2D eigenvalue weighted by molar-refractivity contribution is 8.26. The predicted octanol–water partition coefficient (Wildman–Crippen LogP) is 4.23. The van der Waals surface area contributed by atoms with Crippen LogP contribution in [-0.2, 0) is 13.3 Å². The van der Waals surface area contributed by atoms with Crippen LogP contribution >= 0.6 is 11.2 Å². The maximum absolute atomic E-state index is 6.18. The van der Waals surface area contributed by atoms with E-state index in [1.807, 2.05) is 68.6 Å². The lowest BCUT2D eigenvalue weighted by Gasteiger charge is -2.41. The van der Waals surface area contributed by atoms with Crippen LogP contribution in [0.25, 0.3) is 0 Å². The Hall–Kier alpha value is 0.447. The lowest BCUT2D eigenvalue weighted by Crippen LogP contribution is -2.54. The lowest BCUT2D eigenvalue weighted by molar-refractivity contribution is -0.0578. The average Bonchev–Trinajstić information content (AvgIpc) is 1.93. The van der Waals surface area contributed by atoms with Crippen molar-refractivity contribution >= 4 is 19.2 Å². The van der Waals surface area contributed by atoms with Gasteiger partial charge in [-0.3, -0.25) is 0 Å². The summed E-state index contributed by atoms with van der Waals surface area (Å²) in [5.41, 5.74) is -0.858. The smallest absolute Gasteiger partial charge is 0.360 e. The molecule has 5 heteroatoms. The second kappa shape index (κ2) is 5.83. The van der Waals surface area contributed by atoms with Crippen molar-refractivity contribution in [2.24, 2.45) is 0 Å². The summed E-state index contributed by atoms with van der Waals surface area (Å²) in [6, 6.07) is 0. The summed E-state index contributed by atoms with van der Waals surface area (Å²) in [5, 5.41) is 0. The molecular formula is C13H30O3SSi. The van der Waals surface area contributed by atoms with Crippen LogP contribution in [0.5, 0.6) is 0 Å². The Morgan fingerprint density at radius 2 is 0.833 bits per heavy atom. The fourth-order valence-corrected chi connectivity index (χ4v) is 6.94. The van der Waals surface area contributed by atoms with Crippen molar-refractivity contribution in [3.63, 3.8) is 0 Å². The molecule has 0 aromatic heterocycles. The van der Waals surface area contributed by atoms with Gasteiger partial charge < -0.3 is 13.3 Å². The Labute approximate surface area is 118 Å². The summed E-state index contributed by atoms with van der Waals surface area (Å²) in [6.07, 6.45) is 2.00. The minimum Gasteiger partial charge on any atom is -0.360 e. The van der Waals surface area contributed by atoms with Gasteiger partial charge in [-0.2, -0.15) is 0 Å². The maximum atomic E-state index is 6.18. The van der Waals surface area contributed by atoms with Crippen molar-refractivity contribution in [3.8, 4) is 0 Å². The van der Waals surface area contributed by atoms with E-state index in [0.717, 1.165) is 0 Å². The fourth-order valence-electron chi connectivity index (χ4n) is 1.31. The van der Waals surface area contributed by atoms with E-state index in [2.05, 4.69) is 0 Å². The van der Waals surface area contributed by atoms with Crippen LogP contribution in [0.1, 0.15) is 62.3 Å². The molecule has 0 unspecified atom stereocenters. The quantitative estimate of drug-likeness (QED) is 0.725. The summed E-state index contributed by atoms with van der Waals surface area (Å²) in [6.45, 7) is 18.3. The van der Waals surface area contributed by atoms with Crippen molar-refractivity contribution in [3.05, 3.63) is 0 Å². The summed E-state index contributed by atoms with van der Waals surface area (Å²) in [5.74, 6) is 0. The first-order valence-electron chi connectivity index (χ1n) is 6.34. The Balaban J connectivity index is 5.20. The van der Waals surface area contributed by atoms with Gasteiger partial charge in [-0.05, 0) is 68.6 Å². The molecule has 0 saturated heterocycles. The number of hydrogen-bond donors (Lipinski definition) is 0. The van der Waals surface area contributed by atoms with Gasteiger partial charge in [0.15, 0.2) is 0 Å². The van der Waals surface area contributed by atoms with Gasteiger partial charge in [0.05, 0.1) is 16.8 Å². The minimum atomic E-state index is -2.76. The zero-order chi connectivity index (χ0) is 14.8. The van der Waals surface area contributed by atoms with Crippen LogP contribution in [0.4, 0.5) is 0 Å². The zero-order valence-corrected chi connectivity index (χ0v) is 15.4. The van der Waals surface area contributed by atoms with Gasteiger partial charge in [0.25, 0.3) is 0 Å². The molecule has 0 fully saturated rings. The summed E-state index contributed by atoms with van der Waals surface area (Å²) in [7, 11) is -2.76. The molecular weight excluding hydrogens is 264 g/mol. The lowest BCUT2D eigenvalue weighted by atomic mass is 10.2. The van der Waals surface area contributed by atoms with Gasteiger partial charge in [0.2, 0.25) is 0 Å². The largest absolute Gasteiger partial charge is 0.574 e. The van der Waals surface area contributed by atoms with E-state index in [0.29, 0.717) is 0 Å². The van der Waals surface area contributed by atoms with Crippen molar-refractivity contribution in [2.75, 3.05) is 6.26 Å². The third kappa shape index (κ3) is 8.53. The van der Waals surface area contributed by atoms with Gasteiger partial charge in [-0.25, -0.2) is 0 Å². The molecule has 18 heavy (non-hydrogen) atoms. The van der Waals surface area contributed by atoms with E-state index in [-0.39, 0.29) is 16.8 Å². The monoisotopic (exact) mass is 294 g/mol. The molecule has 0 bridgehead atoms. The van der Waals surface area contributed by atoms with Crippen molar-refractivity contribution in [1.82, 2.24) is 0 Å². The van der Waals surface area contributed by atoms with E-state index in [1.165, 1.54) is 0 Å². The molecule has 3 nitrogen and oxygen atoms in total. The van der Waals surface area contributed by atoms with E-state index in [9.17, 15) is 0 Å². The van der Waals surface area contributed by atoms with Gasteiger partial charge in [0, 0.05) is 0 Å². The van der Waals surface area contributed by atoms with E-state index >= 15 is 0 Å². The second-order valence-corrected chi connectivity index (χ2v) is 12.1. The molecule has 0 aromatic rings. The molecule has 0 spiro atoms. The molecule has 0 rings (SSSR count). The fraction of sp³-hybridized carbons (Fsp3) is 1.00. The minimum absolute atomic E-state index is 0.286. The molecule has 0 heterocycles. The standard InChI is InChI=1S/C13H30O3SSi/c1-11(2,3)14-18(17-10,15-12(4,5)6)16-13(7,8)9/h1-10H3. The maximum Gasteiger partial charge on any atom is 0.574 e. The Morgan fingerprint density at radius 3 is 0.944 bits per heavy atom. The normalized spacial score (nSPS) is 15.0. The molecule has 0 aliphatic rings. The highest BCUT2D eigenvalue weighted by atomic mass is 32.4. The molecule has 110 valence electrons. The van der Waals surface area contributed by atoms with Crippen LogP contribution in [0, 0.1) is 0 Å². The molecule has 0 N–H and O–H groups in total. The van der Waals surface area contributed by atoms with Crippen LogP contribution < -0.4 is 0 Å². The first kappa shape index (κ1) is 18.4. The van der Waals surface area contributed by atoms with Crippen LogP contribution in [0.2, 0.25) is 0 Å². The molecule has 0 radical (unpaired) electrons. The molecule has 0 aliphatic heterocycles. The van der Waals surface area contributed by atoms with Crippen LogP contribution in [0.3, 0.4) is 0 Å².